The molecule has 17 heavy (non-hydrogen) atoms. The number of halogens is 1. The average molecular weight is 257 g/mol. The van der Waals surface area contributed by atoms with Crippen LogP contribution in [0.1, 0.15) is 12.5 Å². The van der Waals surface area contributed by atoms with Gasteiger partial charge in [-0.25, -0.2) is 4.39 Å². The predicted octanol–water partition coefficient (Wildman–Crippen LogP) is 1.95. The van der Waals surface area contributed by atoms with Gasteiger partial charge < -0.3 is 10.5 Å². The number of hydrogen-bond acceptors (Lipinski definition) is 4. The first kappa shape index (κ1) is 14.0. The third-order valence-electron chi connectivity index (χ3n) is 2.10. The van der Waals surface area contributed by atoms with Crippen LogP contribution in [0.5, 0.6) is 0 Å². The van der Waals surface area contributed by atoms with Crippen molar-refractivity contribution in [3.8, 4) is 0 Å². The molecule has 3 nitrogen and oxygen atoms in total. The maximum absolute atomic E-state index is 13.3. The topological polar surface area (TPSA) is 52.3 Å². The molecule has 0 aliphatic rings. The van der Waals surface area contributed by atoms with Crippen molar-refractivity contribution in [2.45, 2.75) is 18.7 Å². The van der Waals surface area contributed by atoms with Crippen molar-refractivity contribution < 1.29 is 13.9 Å². The van der Waals surface area contributed by atoms with Gasteiger partial charge in [-0.15, -0.1) is 0 Å². The van der Waals surface area contributed by atoms with Crippen molar-refractivity contribution in [2.75, 3.05) is 12.4 Å². The first-order chi connectivity index (χ1) is 8.15. The van der Waals surface area contributed by atoms with E-state index < -0.39 is 12.0 Å². The van der Waals surface area contributed by atoms with Crippen molar-refractivity contribution in [2.24, 2.45) is 5.73 Å². The van der Waals surface area contributed by atoms with Crippen molar-refractivity contribution in [3.63, 3.8) is 0 Å². The average Bonchev–Trinajstić information content (AvgIpc) is 2.31. The lowest BCUT2D eigenvalue weighted by atomic mass is 10.2. The Morgan fingerprint density at radius 1 is 1.53 bits per heavy atom. The molecule has 0 saturated heterocycles. The van der Waals surface area contributed by atoms with Gasteiger partial charge in [0.1, 0.15) is 11.9 Å². The van der Waals surface area contributed by atoms with Crippen LogP contribution in [0, 0.1) is 5.82 Å². The van der Waals surface area contributed by atoms with Gasteiger partial charge in [-0.05, 0) is 18.6 Å². The van der Waals surface area contributed by atoms with Gasteiger partial charge >= 0.3 is 5.97 Å². The van der Waals surface area contributed by atoms with Gasteiger partial charge in [0.05, 0.1) is 6.61 Å². The fraction of sp³-hybridized carbons (Fsp3) is 0.417. The molecule has 0 aliphatic carbocycles. The van der Waals surface area contributed by atoms with Gasteiger partial charge in [0.15, 0.2) is 0 Å². The number of thioether (sulfide) groups is 1. The number of benzene rings is 1. The van der Waals surface area contributed by atoms with E-state index in [0.29, 0.717) is 23.7 Å². The third kappa shape index (κ3) is 4.75. The summed E-state index contributed by atoms with van der Waals surface area (Å²) in [6, 6.07) is 5.92. The molecule has 0 amide bonds. The summed E-state index contributed by atoms with van der Waals surface area (Å²) in [6.07, 6.45) is 0. The molecule has 1 rings (SSSR count). The number of nitrogens with two attached hydrogens (primary N) is 1. The van der Waals surface area contributed by atoms with E-state index in [1.165, 1.54) is 17.8 Å². The van der Waals surface area contributed by atoms with E-state index in [2.05, 4.69) is 0 Å². The first-order valence-electron chi connectivity index (χ1n) is 5.38. The van der Waals surface area contributed by atoms with Crippen LogP contribution in [-0.2, 0) is 15.3 Å². The zero-order chi connectivity index (χ0) is 12.7. The van der Waals surface area contributed by atoms with Gasteiger partial charge in [0.25, 0.3) is 0 Å². The molecule has 1 unspecified atom stereocenters. The van der Waals surface area contributed by atoms with Crippen molar-refractivity contribution >= 4 is 17.7 Å². The number of ether oxygens (including phenoxy) is 1. The second-order valence-corrected chi connectivity index (χ2v) is 4.50. The Labute approximate surface area is 105 Å². The summed E-state index contributed by atoms with van der Waals surface area (Å²) >= 11 is 1.42. The first-order valence-corrected chi connectivity index (χ1v) is 6.54. The Morgan fingerprint density at radius 2 is 2.24 bits per heavy atom. The minimum Gasteiger partial charge on any atom is -0.465 e. The summed E-state index contributed by atoms with van der Waals surface area (Å²) in [6.45, 7) is 2.06. The maximum Gasteiger partial charge on any atom is 0.323 e. The summed E-state index contributed by atoms with van der Waals surface area (Å²) in [5, 5.41) is 0. The molecule has 0 aromatic heterocycles. The van der Waals surface area contributed by atoms with Crippen LogP contribution in [-0.4, -0.2) is 24.4 Å². The molecule has 0 saturated carbocycles. The molecule has 1 aromatic carbocycles. The molecule has 2 N–H and O–H groups in total. The van der Waals surface area contributed by atoms with Gasteiger partial charge in [0.2, 0.25) is 0 Å². The molecular weight excluding hydrogens is 241 g/mol. The molecule has 0 radical (unpaired) electrons. The fourth-order valence-electron chi connectivity index (χ4n) is 1.23. The summed E-state index contributed by atoms with van der Waals surface area (Å²) in [5.74, 6) is 0.283. The van der Waals surface area contributed by atoms with Gasteiger partial charge in [0, 0.05) is 11.5 Å². The molecule has 1 aromatic rings. The zero-order valence-electron chi connectivity index (χ0n) is 9.69. The second kappa shape index (κ2) is 7.29. The van der Waals surface area contributed by atoms with E-state index in [1.54, 1.807) is 25.1 Å². The van der Waals surface area contributed by atoms with Crippen molar-refractivity contribution in [3.05, 3.63) is 35.6 Å². The van der Waals surface area contributed by atoms with Crippen LogP contribution in [0.2, 0.25) is 0 Å². The lowest BCUT2D eigenvalue weighted by Crippen LogP contribution is -2.34. The number of esters is 1. The van der Waals surface area contributed by atoms with E-state index in [-0.39, 0.29) is 5.82 Å². The Kier molecular flexibility index (Phi) is 6.00. The fourth-order valence-corrected chi connectivity index (χ4v) is 2.19. The minimum atomic E-state index is -0.647. The van der Waals surface area contributed by atoms with E-state index in [1.807, 2.05) is 0 Å². The Balaban J connectivity index is 2.33. The molecular formula is C12H16FNO2S. The zero-order valence-corrected chi connectivity index (χ0v) is 10.5. The molecule has 0 heterocycles. The molecule has 94 valence electrons. The molecule has 0 bridgehead atoms. The van der Waals surface area contributed by atoms with Crippen LogP contribution in [0.25, 0.3) is 0 Å². The van der Waals surface area contributed by atoms with Gasteiger partial charge in [-0.2, -0.15) is 11.8 Å². The Hall–Kier alpha value is -1.07. The smallest absolute Gasteiger partial charge is 0.323 e. The highest BCUT2D eigenvalue weighted by atomic mass is 32.2. The van der Waals surface area contributed by atoms with Crippen LogP contribution < -0.4 is 5.73 Å². The molecule has 0 aliphatic heterocycles. The predicted molar refractivity (Wildman–Crippen MR) is 67.2 cm³/mol. The normalized spacial score (nSPS) is 12.2. The maximum atomic E-state index is 13.3. The summed E-state index contributed by atoms with van der Waals surface area (Å²) in [7, 11) is 0. The lowest BCUT2D eigenvalue weighted by Gasteiger charge is -2.10. The SMILES string of the molecule is CCOC(=O)C(N)CSCc1ccccc1F. The van der Waals surface area contributed by atoms with Crippen molar-refractivity contribution in [1.29, 1.82) is 0 Å². The molecule has 1 atom stereocenters. The van der Waals surface area contributed by atoms with Gasteiger partial charge in [-0.1, -0.05) is 18.2 Å². The lowest BCUT2D eigenvalue weighted by molar-refractivity contribution is -0.144. The summed E-state index contributed by atoms with van der Waals surface area (Å²) < 4.78 is 18.0. The number of carbonyl (C=O) groups excluding carboxylic acids is 1. The highest BCUT2D eigenvalue weighted by Crippen LogP contribution is 2.15. The van der Waals surface area contributed by atoms with Crippen LogP contribution >= 0.6 is 11.8 Å². The second-order valence-electron chi connectivity index (χ2n) is 3.47. The van der Waals surface area contributed by atoms with Gasteiger partial charge in [-0.3, -0.25) is 4.79 Å². The number of carbonyl (C=O) groups is 1. The molecule has 0 fully saturated rings. The van der Waals surface area contributed by atoms with Crippen LogP contribution in [0.4, 0.5) is 4.39 Å². The minimum absolute atomic E-state index is 0.232. The van der Waals surface area contributed by atoms with E-state index in [4.69, 9.17) is 10.5 Å². The Morgan fingerprint density at radius 3 is 2.88 bits per heavy atom. The largest absolute Gasteiger partial charge is 0.465 e. The van der Waals surface area contributed by atoms with E-state index in [9.17, 15) is 9.18 Å². The monoisotopic (exact) mass is 257 g/mol. The van der Waals surface area contributed by atoms with Crippen molar-refractivity contribution in [1.82, 2.24) is 0 Å². The van der Waals surface area contributed by atoms with Crippen LogP contribution in [0.15, 0.2) is 24.3 Å². The molecule has 0 spiro atoms. The number of hydrogen-bond donors (Lipinski definition) is 1. The Bertz CT molecular complexity index is 373. The number of rotatable bonds is 6. The standard InChI is InChI=1S/C12H16FNO2S/c1-2-16-12(15)11(14)8-17-7-9-5-3-4-6-10(9)13/h3-6,11H,2,7-8,14H2,1H3. The van der Waals surface area contributed by atoms with Crippen LogP contribution in [0.3, 0.4) is 0 Å². The summed E-state index contributed by atoms with van der Waals surface area (Å²) in [4.78, 5) is 11.2. The highest BCUT2D eigenvalue weighted by molar-refractivity contribution is 7.98. The van der Waals surface area contributed by atoms with E-state index in [0.717, 1.165) is 0 Å². The molecule has 5 heteroatoms. The quantitative estimate of drug-likeness (QED) is 0.791. The summed E-state index contributed by atoms with van der Waals surface area (Å²) in [5.41, 5.74) is 6.24. The highest BCUT2D eigenvalue weighted by Gasteiger charge is 2.14. The third-order valence-corrected chi connectivity index (χ3v) is 3.21. The van der Waals surface area contributed by atoms with E-state index >= 15 is 0 Å².